The molecule has 15 heavy (non-hydrogen) atoms. The molecule has 1 heterocycles. The molecule has 0 spiro atoms. The molecule has 0 unspecified atom stereocenters. The number of aromatic amines is 1. The summed E-state index contributed by atoms with van der Waals surface area (Å²) in [5.74, 6) is 0.345. The van der Waals surface area contributed by atoms with E-state index >= 15 is 0 Å². The first-order valence-electron chi connectivity index (χ1n) is 4.62. The Morgan fingerprint density at radius 2 is 2.33 bits per heavy atom. The monoisotopic (exact) mass is 275 g/mol. The minimum Gasteiger partial charge on any atom is -0.477 e. The molecule has 0 aromatic carbocycles. The number of H-pyrrole nitrogens is 1. The van der Waals surface area contributed by atoms with Gasteiger partial charge in [-0.2, -0.15) is 0 Å². The van der Waals surface area contributed by atoms with Gasteiger partial charge in [0.25, 0.3) is 5.56 Å². The molecule has 0 atom stereocenters. The van der Waals surface area contributed by atoms with Crippen LogP contribution in [0.4, 0.5) is 0 Å². The van der Waals surface area contributed by atoms with Gasteiger partial charge in [-0.3, -0.25) is 4.79 Å². The number of aromatic nitrogens is 2. The molecule has 0 aliphatic heterocycles. The van der Waals surface area contributed by atoms with Gasteiger partial charge in [-0.15, -0.1) is 0 Å². The number of ether oxygens (including phenoxy) is 1. The molecule has 0 saturated heterocycles. The van der Waals surface area contributed by atoms with E-state index in [1.807, 2.05) is 14.1 Å². The maximum absolute atomic E-state index is 11.2. The van der Waals surface area contributed by atoms with Crippen molar-refractivity contribution in [3.8, 4) is 5.88 Å². The summed E-state index contributed by atoms with van der Waals surface area (Å²) in [6, 6.07) is 0. The Morgan fingerprint density at radius 1 is 1.60 bits per heavy atom. The number of nitrogens with one attached hydrogen (secondary N) is 1. The molecule has 1 aromatic rings. The Balaban J connectivity index is 2.44. The van der Waals surface area contributed by atoms with Crippen LogP contribution in [-0.2, 0) is 0 Å². The summed E-state index contributed by atoms with van der Waals surface area (Å²) >= 11 is 3.12. The topological polar surface area (TPSA) is 58.2 Å². The van der Waals surface area contributed by atoms with Gasteiger partial charge in [-0.25, -0.2) is 4.98 Å². The van der Waals surface area contributed by atoms with Crippen molar-refractivity contribution in [1.29, 1.82) is 0 Å². The lowest BCUT2D eigenvalue weighted by molar-refractivity contribution is 0.271. The summed E-state index contributed by atoms with van der Waals surface area (Å²) in [6.07, 6.45) is 2.22. The Kier molecular flexibility index (Phi) is 4.77. The highest BCUT2D eigenvalue weighted by Crippen LogP contribution is 2.15. The Hall–Kier alpha value is -0.880. The highest BCUT2D eigenvalue weighted by atomic mass is 79.9. The lowest BCUT2D eigenvalue weighted by Crippen LogP contribution is -2.16. The lowest BCUT2D eigenvalue weighted by atomic mass is 10.4. The van der Waals surface area contributed by atoms with Gasteiger partial charge in [0.05, 0.1) is 12.9 Å². The molecule has 0 amide bonds. The Morgan fingerprint density at radius 3 is 3.00 bits per heavy atom. The molecule has 6 heteroatoms. The van der Waals surface area contributed by atoms with Crippen molar-refractivity contribution in [2.45, 2.75) is 6.42 Å². The van der Waals surface area contributed by atoms with Gasteiger partial charge in [0.2, 0.25) is 5.88 Å². The van der Waals surface area contributed by atoms with Crippen molar-refractivity contribution in [3.63, 3.8) is 0 Å². The SMILES string of the molecule is CN(C)CCCOc1nc[nH]c(=O)c1Br. The fourth-order valence-corrected chi connectivity index (χ4v) is 1.35. The fourth-order valence-electron chi connectivity index (χ4n) is 1.02. The van der Waals surface area contributed by atoms with Crippen molar-refractivity contribution in [3.05, 3.63) is 21.2 Å². The van der Waals surface area contributed by atoms with E-state index in [1.54, 1.807) is 0 Å². The van der Waals surface area contributed by atoms with Crippen LogP contribution in [0, 0.1) is 0 Å². The van der Waals surface area contributed by atoms with Crippen LogP contribution >= 0.6 is 15.9 Å². The van der Waals surface area contributed by atoms with E-state index in [-0.39, 0.29) is 5.56 Å². The largest absolute Gasteiger partial charge is 0.477 e. The van der Waals surface area contributed by atoms with Gasteiger partial charge in [0.15, 0.2) is 0 Å². The van der Waals surface area contributed by atoms with Gasteiger partial charge in [-0.05, 0) is 36.4 Å². The smallest absolute Gasteiger partial charge is 0.268 e. The summed E-state index contributed by atoms with van der Waals surface area (Å²) in [5.41, 5.74) is -0.229. The van der Waals surface area contributed by atoms with E-state index in [4.69, 9.17) is 4.74 Å². The van der Waals surface area contributed by atoms with Crippen molar-refractivity contribution >= 4 is 15.9 Å². The van der Waals surface area contributed by atoms with Crippen molar-refractivity contribution in [1.82, 2.24) is 14.9 Å². The number of nitrogens with zero attached hydrogens (tertiary/aromatic N) is 2. The first-order chi connectivity index (χ1) is 7.11. The molecule has 0 bridgehead atoms. The van der Waals surface area contributed by atoms with E-state index in [2.05, 4.69) is 30.8 Å². The van der Waals surface area contributed by atoms with E-state index in [1.165, 1.54) is 6.33 Å². The summed E-state index contributed by atoms with van der Waals surface area (Å²) in [4.78, 5) is 19.6. The van der Waals surface area contributed by atoms with Gasteiger partial charge in [-0.1, -0.05) is 0 Å². The Bertz CT molecular complexity index is 365. The van der Waals surface area contributed by atoms with Gasteiger partial charge < -0.3 is 14.6 Å². The highest BCUT2D eigenvalue weighted by molar-refractivity contribution is 9.10. The van der Waals surface area contributed by atoms with Crippen LogP contribution in [-0.4, -0.2) is 42.1 Å². The molecule has 1 aromatic heterocycles. The maximum atomic E-state index is 11.2. The third-order valence-corrected chi connectivity index (χ3v) is 2.45. The van der Waals surface area contributed by atoms with Gasteiger partial charge in [0.1, 0.15) is 4.47 Å². The van der Waals surface area contributed by atoms with Crippen LogP contribution in [0.5, 0.6) is 5.88 Å². The van der Waals surface area contributed by atoms with Crippen molar-refractivity contribution < 1.29 is 4.74 Å². The molecule has 1 rings (SSSR count). The van der Waals surface area contributed by atoms with E-state index < -0.39 is 0 Å². The summed E-state index contributed by atoms with van der Waals surface area (Å²) in [6.45, 7) is 1.49. The third-order valence-electron chi connectivity index (χ3n) is 1.75. The summed E-state index contributed by atoms with van der Waals surface area (Å²) in [7, 11) is 4.00. The number of halogens is 1. The molecule has 0 aliphatic carbocycles. The molecule has 84 valence electrons. The molecule has 5 nitrogen and oxygen atoms in total. The minimum absolute atomic E-state index is 0.229. The molecule has 1 N–H and O–H groups in total. The lowest BCUT2D eigenvalue weighted by Gasteiger charge is -2.09. The third kappa shape index (κ3) is 4.01. The summed E-state index contributed by atoms with van der Waals surface area (Å²) in [5, 5.41) is 0. The average Bonchev–Trinajstić information content (AvgIpc) is 2.18. The minimum atomic E-state index is -0.229. The molecular weight excluding hydrogens is 262 g/mol. The van der Waals surface area contributed by atoms with Crippen LogP contribution < -0.4 is 10.3 Å². The maximum Gasteiger partial charge on any atom is 0.268 e. The molecule has 0 aliphatic rings. The summed E-state index contributed by atoms with van der Waals surface area (Å²) < 4.78 is 5.71. The van der Waals surface area contributed by atoms with Crippen molar-refractivity contribution in [2.24, 2.45) is 0 Å². The van der Waals surface area contributed by atoms with Crippen LogP contribution in [0.2, 0.25) is 0 Å². The Labute approximate surface area is 96.6 Å². The number of hydrogen-bond acceptors (Lipinski definition) is 4. The molecule has 0 fully saturated rings. The second-order valence-corrected chi connectivity index (χ2v) is 4.15. The van der Waals surface area contributed by atoms with Gasteiger partial charge in [0, 0.05) is 6.54 Å². The second-order valence-electron chi connectivity index (χ2n) is 3.36. The predicted molar refractivity (Wildman–Crippen MR) is 61.2 cm³/mol. The zero-order valence-electron chi connectivity index (χ0n) is 8.79. The molecule has 0 radical (unpaired) electrons. The van der Waals surface area contributed by atoms with E-state index in [9.17, 15) is 4.79 Å². The second kappa shape index (κ2) is 5.87. The fraction of sp³-hybridized carbons (Fsp3) is 0.556. The van der Waals surface area contributed by atoms with E-state index in [0.717, 1.165) is 13.0 Å². The number of hydrogen-bond donors (Lipinski definition) is 1. The first-order valence-corrected chi connectivity index (χ1v) is 5.41. The molecule has 0 saturated carbocycles. The quantitative estimate of drug-likeness (QED) is 0.810. The highest BCUT2D eigenvalue weighted by Gasteiger charge is 2.05. The zero-order chi connectivity index (χ0) is 11.3. The van der Waals surface area contributed by atoms with E-state index in [0.29, 0.717) is 17.0 Å². The normalized spacial score (nSPS) is 10.7. The van der Waals surface area contributed by atoms with Crippen LogP contribution in [0.3, 0.4) is 0 Å². The zero-order valence-corrected chi connectivity index (χ0v) is 10.4. The van der Waals surface area contributed by atoms with Crippen LogP contribution in [0.1, 0.15) is 6.42 Å². The predicted octanol–water partition coefficient (Wildman–Crippen LogP) is 0.863. The van der Waals surface area contributed by atoms with Crippen LogP contribution in [0.15, 0.2) is 15.6 Å². The van der Waals surface area contributed by atoms with Crippen LogP contribution in [0.25, 0.3) is 0 Å². The van der Waals surface area contributed by atoms with Gasteiger partial charge >= 0.3 is 0 Å². The average molecular weight is 276 g/mol. The first kappa shape index (κ1) is 12.2. The number of rotatable bonds is 5. The van der Waals surface area contributed by atoms with Crippen molar-refractivity contribution in [2.75, 3.05) is 27.2 Å². The molecular formula is C9H14BrN3O2. The standard InChI is InChI=1S/C9H14BrN3O2/c1-13(2)4-3-5-15-9-7(10)8(14)11-6-12-9/h6H,3-5H2,1-2H3,(H,11,12,14).